The Morgan fingerprint density at radius 3 is 2.77 bits per heavy atom. The van der Waals surface area contributed by atoms with Crippen LogP contribution < -0.4 is 5.32 Å². The van der Waals surface area contributed by atoms with Crippen LogP contribution in [0.15, 0.2) is 0 Å². The molecule has 1 unspecified atom stereocenters. The quantitative estimate of drug-likeness (QED) is 0.607. The van der Waals surface area contributed by atoms with E-state index in [9.17, 15) is 0 Å². The third-order valence-electron chi connectivity index (χ3n) is 2.49. The molecule has 1 fully saturated rings. The highest BCUT2D eigenvalue weighted by Gasteiger charge is 2.17. The first-order chi connectivity index (χ1) is 6.33. The number of hydrogen-bond donors (Lipinski definition) is 1. The summed E-state index contributed by atoms with van der Waals surface area (Å²) in [4.78, 5) is 0. The van der Waals surface area contributed by atoms with Gasteiger partial charge in [0.2, 0.25) is 0 Å². The summed E-state index contributed by atoms with van der Waals surface area (Å²) in [6.45, 7) is 4.70. The first kappa shape index (κ1) is 11.0. The Kier molecular flexibility index (Phi) is 5.35. The Bertz CT molecular complexity index is 119. The van der Waals surface area contributed by atoms with Gasteiger partial charge in [-0.1, -0.05) is 0 Å². The smallest absolute Gasteiger partial charge is 0.104 e. The summed E-state index contributed by atoms with van der Waals surface area (Å²) < 4.78 is 10.6. The number of hydrogen-bond acceptors (Lipinski definition) is 3. The van der Waals surface area contributed by atoms with Gasteiger partial charge in [-0.2, -0.15) is 0 Å². The zero-order chi connectivity index (χ0) is 9.52. The molecule has 1 rings (SSSR count). The lowest BCUT2D eigenvalue weighted by atomic mass is 10.1. The second-order valence-corrected chi connectivity index (χ2v) is 3.72. The Morgan fingerprint density at radius 2 is 2.23 bits per heavy atom. The summed E-state index contributed by atoms with van der Waals surface area (Å²) in [5.74, 6) is 0. The van der Waals surface area contributed by atoms with Gasteiger partial charge in [-0.25, -0.2) is 0 Å². The summed E-state index contributed by atoms with van der Waals surface area (Å²) in [6.07, 6.45) is 4.04. The van der Waals surface area contributed by atoms with Gasteiger partial charge in [0.1, 0.15) is 6.10 Å². The van der Waals surface area contributed by atoms with Gasteiger partial charge in [0.05, 0.1) is 13.2 Å². The summed E-state index contributed by atoms with van der Waals surface area (Å²) in [5, 5.41) is 3.23. The van der Waals surface area contributed by atoms with Crippen LogP contribution in [-0.4, -0.2) is 39.0 Å². The molecule has 1 heterocycles. The minimum absolute atomic E-state index is 0.390. The van der Waals surface area contributed by atoms with Crippen LogP contribution in [0.4, 0.5) is 0 Å². The molecule has 13 heavy (non-hydrogen) atoms. The van der Waals surface area contributed by atoms with Crippen LogP contribution in [-0.2, 0) is 9.47 Å². The molecule has 1 N–H and O–H groups in total. The van der Waals surface area contributed by atoms with Crippen molar-refractivity contribution in [3.63, 3.8) is 0 Å². The van der Waals surface area contributed by atoms with Crippen molar-refractivity contribution in [2.24, 2.45) is 0 Å². The van der Waals surface area contributed by atoms with E-state index in [-0.39, 0.29) is 0 Å². The molecule has 1 aliphatic heterocycles. The molecule has 0 bridgehead atoms. The average molecular weight is 187 g/mol. The van der Waals surface area contributed by atoms with E-state index >= 15 is 0 Å². The van der Waals surface area contributed by atoms with Crippen molar-refractivity contribution in [3.05, 3.63) is 0 Å². The van der Waals surface area contributed by atoms with Gasteiger partial charge in [0, 0.05) is 12.6 Å². The van der Waals surface area contributed by atoms with Crippen molar-refractivity contribution < 1.29 is 9.47 Å². The molecule has 0 saturated carbocycles. The third kappa shape index (κ3) is 4.60. The SMILES string of the molecule is CNC(C)CCCCOC1COC1. The largest absolute Gasteiger partial charge is 0.376 e. The maximum Gasteiger partial charge on any atom is 0.104 e. The highest BCUT2D eigenvalue weighted by Crippen LogP contribution is 2.07. The molecule has 0 aromatic heterocycles. The van der Waals surface area contributed by atoms with E-state index in [0.29, 0.717) is 12.1 Å². The first-order valence-corrected chi connectivity index (χ1v) is 5.19. The maximum absolute atomic E-state index is 5.55. The van der Waals surface area contributed by atoms with Gasteiger partial charge in [0.25, 0.3) is 0 Å². The van der Waals surface area contributed by atoms with Crippen LogP contribution in [0.25, 0.3) is 0 Å². The van der Waals surface area contributed by atoms with Gasteiger partial charge in [-0.15, -0.1) is 0 Å². The van der Waals surface area contributed by atoms with E-state index in [2.05, 4.69) is 12.2 Å². The summed E-state index contributed by atoms with van der Waals surface area (Å²) in [5.41, 5.74) is 0. The second-order valence-electron chi connectivity index (χ2n) is 3.72. The Balaban J connectivity index is 1.78. The highest BCUT2D eigenvalue weighted by atomic mass is 16.6. The first-order valence-electron chi connectivity index (χ1n) is 5.19. The lowest BCUT2D eigenvalue weighted by molar-refractivity contribution is -0.129. The fraction of sp³-hybridized carbons (Fsp3) is 1.00. The van der Waals surface area contributed by atoms with Crippen molar-refractivity contribution in [1.82, 2.24) is 5.32 Å². The number of rotatable bonds is 7. The molecule has 0 aromatic rings. The van der Waals surface area contributed by atoms with Crippen molar-refractivity contribution in [1.29, 1.82) is 0 Å². The molecular formula is C10H21NO2. The molecule has 3 heteroatoms. The molecule has 1 saturated heterocycles. The number of ether oxygens (including phenoxy) is 2. The zero-order valence-corrected chi connectivity index (χ0v) is 8.71. The summed E-state index contributed by atoms with van der Waals surface area (Å²) in [7, 11) is 2.01. The zero-order valence-electron chi connectivity index (χ0n) is 8.71. The van der Waals surface area contributed by atoms with E-state index in [1.54, 1.807) is 0 Å². The Hall–Kier alpha value is -0.120. The number of unbranched alkanes of at least 4 members (excludes halogenated alkanes) is 1. The van der Waals surface area contributed by atoms with Gasteiger partial charge < -0.3 is 14.8 Å². The van der Waals surface area contributed by atoms with Crippen LogP contribution in [0.2, 0.25) is 0 Å². The standard InChI is InChI=1S/C10H21NO2/c1-9(11-2)5-3-4-6-13-10-7-12-8-10/h9-11H,3-8H2,1-2H3. The molecule has 3 nitrogen and oxygen atoms in total. The molecule has 0 amide bonds. The maximum atomic E-state index is 5.55. The van der Waals surface area contributed by atoms with Crippen molar-refractivity contribution in [2.75, 3.05) is 26.9 Å². The van der Waals surface area contributed by atoms with E-state index in [4.69, 9.17) is 9.47 Å². The van der Waals surface area contributed by atoms with Crippen LogP contribution >= 0.6 is 0 Å². The van der Waals surface area contributed by atoms with E-state index in [1.807, 2.05) is 7.05 Å². The minimum atomic E-state index is 0.390. The normalized spacial score (nSPS) is 19.8. The highest BCUT2D eigenvalue weighted by molar-refractivity contribution is 4.64. The van der Waals surface area contributed by atoms with Crippen LogP contribution in [0.3, 0.4) is 0 Å². The molecule has 78 valence electrons. The predicted octanol–water partition coefficient (Wildman–Crippen LogP) is 1.18. The predicted molar refractivity (Wildman–Crippen MR) is 52.9 cm³/mol. The molecule has 0 spiro atoms. The third-order valence-corrected chi connectivity index (χ3v) is 2.49. The Morgan fingerprint density at radius 1 is 1.46 bits per heavy atom. The van der Waals surface area contributed by atoms with Gasteiger partial charge in [-0.3, -0.25) is 0 Å². The molecular weight excluding hydrogens is 166 g/mol. The van der Waals surface area contributed by atoms with Crippen LogP contribution in [0, 0.1) is 0 Å². The molecule has 1 aliphatic rings. The van der Waals surface area contributed by atoms with Crippen LogP contribution in [0.1, 0.15) is 26.2 Å². The van der Waals surface area contributed by atoms with E-state index in [0.717, 1.165) is 19.8 Å². The van der Waals surface area contributed by atoms with Crippen LogP contribution in [0.5, 0.6) is 0 Å². The topological polar surface area (TPSA) is 30.5 Å². The van der Waals surface area contributed by atoms with Gasteiger partial charge in [-0.05, 0) is 33.2 Å². The summed E-state index contributed by atoms with van der Waals surface area (Å²) in [6, 6.07) is 0.632. The lowest BCUT2D eigenvalue weighted by Gasteiger charge is -2.25. The average Bonchev–Trinajstić information content (AvgIpc) is 2.07. The second kappa shape index (κ2) is 6.35. The summed E-state index contributed by atoms with van der Waals surface area (Å²) >= 11 is 0. The van der Waals surface area contributed by atoms with E-state index < -0.39 is 0 Å². The molecule has 0 aliphatic carbocycles. The van der Waals surface area contributed by atoms with Gasteiger partial charge >= 0.3 is 0 Å². The number of nitrogens with one attached hydrogen (secondary N) is 1. The van der Waals surface area contributed by atoms with Crippen molar-refractivity contribution in [3.8, 4) is 0 Å². The minimum Gasteiger partial charge on any atom is -0.376 e. The van der Waals surface area contributed by atoms with Gasteiger partial charge in [0.15, 0.2) is 0 Å². The molecule has 0 radical (unpaired) electrons. The lowest BCUT2D eigenvalue weighted by Crippen LogP contribution is -2.36. The van der Waals surface area contributed by atoms with E-state index in [1.165, 1.54) is 19.3 Å². The monoisotopic (exact) mass is 187 g/mol. The van der Waals surface area contributed by atoms with Crippen molar-refractivity contribution >= 4 is 0 Å². The fourth-order valence-corrected chi connectivity index (χ4v) is 1.26. The Labute approximate surface area is 80.8 Å². The fourth-order valence-electron chi connectivity index (χ4n) is 1.26. The molecule has 1 atom stereocenters. The molecule has 0 aromatic carbocycles. The van der Waals surface area contributed by atoms with Crippen molar-refractivity contribution in [2.45, 2.75) is 38.3 Å².